The molecule has 20 heavy (non-hydrogen) atoms. The van der Waals surface area contributed by atoms with E-state index in [0.29, 0.717) is 5.69 Å². The Labute approximate surface area is 119 Å². The van der Waals surface area contributed by atoms with Crippen molar-refractivity contribution in [3.63, 3.8) is 0 Å². The molecule has 1 heterocycles. The van der Waals surface area contributed by atoms with Crippen molar-refractivity contribution in [1.29, 1.82) is 5.26 Å². The maximum absolute atomic E-state index is 12.2. The molecule has 0 bridgehead atoms. The number of rotatable bonds is 2. The molecule has 0 spiro atoms. The molecule has 0 fully saturated rings. The van der Waals surface area contributed by atoms with Gasteiger partial charge in [0.1, 0.15) is 11.8 Å². The Hall–Kier alpha value is -2.34. The third kappa shape index (κ3) is 2.50. The van der Waals surface area contributed by atoms with Gasteiger partial charge in [-0.05, 0) is 17.7 Å². The summed E-state index contributed by atoms with van der Waals surface area (Å²) in [5.41, 5.74) is 2.93. The minimum absolute atomic E-state index is 0.133. The number of Topliss-reactive ketones (excluding diaryl/α,β-unsaturated/α-hetero) is 1. The van der Waals surface area contributed by atoms with Gasteiger partial charge < -0.3 is 4.57 Å². The van der Waals surface area contributed by atoms with Gasteiger partial charge in [0, 0.05) is 23.7 Å². The lowest BCUT2D eigenvalue weighted by atomic mass is 9.86. The maximum atomic E-state index is 12.2. The highest BCUT2D eigenvalue weighted by molar-refractivity contribution is 6.00. The molecule has 0 atom stereocenters. The molecular formula is C17H18N2O. The van der Waals surface area contributed by atoms with Gasteiger partial charge in [0.05, 0.1) is 0 Å². The summed E-state index contributed by atoms with van der Waals surface area (Å²) in [6, 6.07) is 13.4. The summed E-state index contributed by atoms with van der Waals surface area (Å²) in [6.45, 7) is 5.75. The first kappa shape index (κ1) is 14.1. The van der Waals surface area contributed by atoms with Crippen LogP contribution in [0.4, 0.5) is 0 Å². The Morgan fingerprint density at radius 3 is 2.15 bits per heavy atom. The summed E-state index contributed by atoms with van der Waals surface area (Å²) in [4.78, 5) is 12.2. The lowest BCUT2D eigenvalue weighted by Crippen LogP contribution is -2.19. The fraction of sp³-hybridized carbons (Fsp3) is 0.294. The van der Waals surface area contributed by atoms with Gasteiger partial charge in [0.2, 0.25) is 0 Å². The number of hydrogen-bond acceptors (Lipinski definition) is 2. The summed E-state index contributed by atoms with van der Waals surface area (Å²) in [5.74, 6) is 0.133. The average molecular weight is 266 g/mol. The first-order valence-corrected chi connectivity index (χ1v) is 6.55. The zero-order valence-corrected chi connectivity index (χ0v) is 12.3. The van der Waals surface area contributed by atoms with Gasteiger partial charge in [0.15, 0.2) is 5.78 Å². The van der Waals surface area contributed by atoms with Crippen LogP contribution < -0.4 is 0 Å². The number of carbonyl (C=O) groups excluding carboxylic acids is 1. The first-order chi connectivity index (χ1) is 9.34. The Balaban J connectivity index is 2.36. The van der Waals surface area contributed by atoms with Crippen molar-refractivity contribution >= 4 is 5.78 Å². The molecule has 0 aliphatic heterocycles. The lowest BCUT2D eigenvalue weighted by Gasteiger charge is -2.16. The van der Waals surface area contributed by atoms with E-state index in [1.165, 1.54) is 0 Å². The smallest absolute Gasteiger partial charge is 0.168 e. The van der Waals surface area contributed by atoms with Crippen molar-refractivity contribution < 1.29 is 4.79 Å². The van der Waals surface area contributed by atoms with E-state index in [-0.39, 0.29) is 11.2 Å². The molecule has 0 unspecified atom stereocenters. The van der Waals surface area contributed by atoms with Crippen LogP contribution in [0.2, 0.25) is 0 Å². The van der Waals surface area contributed by atoms with Crippen LogP contribution in [-0.4, -0.2) is 10.4 Å². The highest BCUT2D eigenvalue weighted by Gasteiger charge is 2.22. The zero-order chi connectivity index (χ0) is 14.9. The number of nitriles is 1. The van der Waals surface area contributed by atoms with E-state index >= 15 is 0 Å². The van der Waals surface area contributed by atoms with E-state index in [0.717, 1.165) is 16.8 Å². The third-order valence-corrected chi connectivity index (χ3v) is 3.36. The van der Waals surface area contributed by atoms with Gasteiger partial charge in [-0.3, -0.25) is 4.79 Å². The van der Waals surface area contributed by atoms with E-state index in [2.05, 4.69) is 6.07 Å². The largest absolute Gasteiger partial charge is 0.335 e. The fourth-order valence-corrected chi connectivity index (χ4v) is 2.14. The topological polar surface area (TPSA) is 45.8 Å². The van der Waals surface area contributed by atoms with E-state index in [1.54, 1.807) is 6.07 Å². The SMILES string of the molecule is Cn1c(C#N)ccc1-c1ccc(C(=O)C(C)(C)C)cc1. The molecule has 0 aliphatic carbocycles. The van der Waals surface area contributed by atoms with E-state index in [9.17, 15) is 4.79 Å². The quantitative estimate of drug-likeness (QED) is 0.776. The summed E-state index contributed by atoms with van der Waals surface area (Å²) in [6.07, 6.45) is 0. The molecular weight excluding hydrogens is 248 g/mol. The number of ketones is 1. The molecule has 3 heteroatoms. The molecule has 0 radical (unpaired) electrons. The molecule has 3 nitrogen and oxygen atoms in total. The molecule has 0 saturated heterocycles. The number of benzene rings is 1. The standard InChI is InChI=1S/C17H18N2O/c1-17(2,3)16(20)13-7-5-12(6-8-13)15-10-9-14(11-18)19(15)4/h5-10H,1-4H3. The molecule has 2 rings (SSSR count). The number of nitrogens with zero attached hydrogens (tertiary/aromatic N) is 2. The Kier molecular flexibility index (Phi) is 3.50. The number of hydrogen-bond donors (Lipinski definition) is 0. The molecule has 0 N–H and O–H groups in total. The average Bonchev–Trinajstić information content (AvgIpc) is 2.78. The minimum atomic E-state index is -0.375. The van der Waals surface area contributed by atoms with Crippen LogP contribution in [0, 0.1) is 16.7 Å². The third-order valence-electron chi connectivity index (χ3n) is 3.36. The monoisotopic (exact) mass is 266 g/mol. The Morgan fingerprint density at radius 1 is 1.10 bits per heavy atom. The van der Waals surface area contributed by atoms with Crippen molar-refractivity contribution in [2.75, 3.05) is 0 Å². The lowest BCUT2D eigenvalue weighted by molar-refractivity contribution is 0.0858. The van der Waals surface area contributed by atoms with Gasteiger partial charge in [-0.1, -0.05) is 45.0 Å². The van der Waals surface area contributed by atoms with Crippen molar-refractivity contribution in [2.45, 2.75) is 20.8 Å². The van der Waals surface area contributed by atoms with Crippen molar-refractivity contribution in [3.8, 4) is 17.3 Å². The van der Waals surface area contributed by atoms with Crippen LogP contribution in [0.1, 0.15) is 36.8 Å². The summed E-state index contributed by atoms with van der Waals surface area (Å²) in [7, 11) is 1.86. The van der Waals surface area contributed by atoms with Crippen molar-refractivity contribution in [3.05, 3.63) is 47.7 Å². The second kappa shape index (κ2) is 4.97. The first-order valence-electron chi connectivity index (χ1n) is 6.55. The predicted molar refractivity (Wildman–Crippen MR) is 79.3 cm³/mol. The Bertz CT molecular complexity index is 679. The zero-order valence-electron chi connectivity index (χ0n) is 12.3. The molecule has 0 amide bonds. The normalized spacial score (nSPS) is 11.2. The maximum Gasteiger partial charge on any atom is 0.168 e. The van der Waals surface area contributed by atoms with Crippen molar-refractivity contribution in [2.24, 2.45) is 12.5 Å². The molecule has 1 aromatic carbocycles. The van der Waals surface area contributed by atoms with Gasteiger partial charge in [-0.2, -0.15) is 5.26 Å². The molecule has 0 aliphatic rings. The summed E-state index contributed by atoms with van der Waals surface area (Å²) < 4.78 is 1.85. The van der Waals surface area contributed by atoms with Crippen LogP contribution in [0.5, 0.6) is 0 Å². The summed E-state index contributed by atoms with van der Waals surface area (Å²) in [5, 5.41) is 8.97. The van der Waals surface area contributed by atoms with Crippen LogP contribution in [0.3, 0.4) is 0 Å². The summed E-state index contributed by atoms with van der Waals surface area (Å²) >= 11 is 0. The Morgan fingerprint density at radius 2 is 1.70 bits per heavy atom. The van der Waals surface area contributed by atoms with E-state index in [4.69, 9.17) is 5.26 Å². The van der Waals surface area contributed by atoms with Gasteiger partial charge in [-0.15, -0.1) is 0 Å². The van der Waals surface area contributed by atoms with Gasteiger partial charge in [-0.25, -0.2) is 0 Å². The second-order valence-electron chi connectivity index (χ2n) is 5.93. The van der Waals surface area contributed by atoms with Crippen LogP contribution in [0.25, 0.3) is 11.3 Å². The molecule has 2 aromatic rings. The van der Waals surface area contributed by atoms with Crippen LogP contribution in [0.15, 0.2) is 36.4 Å². The van der Waals surface area contributed by atoms with Gasteiger partial charge >= 0.3 is 0 Å². The van der Waals surface area contributed by atoms with E-state index in [1.807, 2.05) is 62.7 Å². The van der Waals surface area contributed by atoms with Crippen molar-refractivity contribution in [1.82, 2.24) is 4.57 Å². The van der Waals surface area contributed by atoms with Crippen LogP contribution >= 0.6 is 0 Å². The van der Waals surface area contributed by atoms with Gasteiger partial charge in [0.25, 0.3) is 0 Å². The molecule has 1 aromatic heterocycles. The fourth-order valence-electron chi connectivity index (χ4n) is 2.14. The molecule has 102 valence electrons. The molecule has 0 saturated carbocycles. The minimum Gasteiger partial charge on any atom is -0.335 e. The van der Waals surface area contributed by atoms with Crippen LogP contribution in [-0.2, 0) is 7.05 Å². The van der Waals surface area contributed by atoms with E-state index < -0.39 is 0 Å². The highest BCUT2D eigenvalue weighted by Crippen LogP contribution is 2.25. The second-order valence-corrected chi connectivity index (χ2v) is 5.93. The highest BCUT2D eigenvalue weighted by atomic mass is 16.1. The number of aromatic nitrogens is 1. The predicted octanol–water partition coefficient (Wildman–Crippen LogP) is 3.79. The number of carbonyl (C=O) groups is 1.